The van der Waals surface area contributed by atoms with Gasteiger partial charge in [-0.3, -0.25) is 4.79 Å². The minimum absolute atomic E-state index is 0.259. The smallest absolute Gasteiger partial charge is 0.261 e. The van der Waals surface area contributed by atoms with Crippen molar-refractivity contribution in [3.63, 3.8) is 0 Å². The number of amides is 1. The Balaban J connectivity index is 1.83. The summed E-state index contributed by atoms with van der Waals surface area (Å²) < 4.78 is 5.70. The van der Waals surface area contributed by atoms with Gasteiger partial charge in [-0.15, -0.1) is 0 Å². The summed E-state index contributed by atoms with van der Waals surface area (Å²) in [7, 11) is 0. The highest BCUT2D eigenvalue weighted by molar-refractivity contribution is 6.05. The fourth-order valence-electron chi connectivity index (χ4n) is 1.97. The fourth-order valence-corrected chi connectivity index (χ4v) is 1.97. The minimum atomic E-state index is -0.259. The maximum Gasteiger partial charge on any atom is 0.261 e. The van der Waals surface area contributed by atoms with Gasteiger partial charge in [-0.25, -0.2) is 4.98 Å². The van der Waals surface area contributed by atoms with E-state index in [-0.39, 0.29) is 11.8 Å². The molecule has 1 aromatic heterocycles. The molecule has 1 heterocycles. The third-order valence-electron chi connectivity index (χ3n) is 3.01. The van der Waals surface area contributed by atoms with E-state index in [0.29, 0.717) is 11.3 Å². The number of hydrogen-bond donors (Lipinski definition) is 1. The van der Waals surface area contributed by atoms with Crippen LogP contribution in [0.3, 0.4) is 0 Å². The van der Waals surface area contributed by atoms with Crippen molar-refractivity contribution in [2.45, 2.75) is 0 Å². The number of pyridine rings is 1. The second kappa shape index (κ2) is 6.54. The molecule has 22 heavy (non-hydrogen) atoms. The molecule has 0 aliphatic heterocycles. The molecule has 0 radical (unpaired) electrons. The monoisotopic (exact) mass is 290 g/mol. The number of hydrogen-bond acceptors (Lipinski definition) is 3. The maximum absolute atomic E-state index is 12.4. The van der Waals surface area contributed by atoms with Crippen LogP contribution in [0.1, 0.15) is 10.4 Å². The highest BCUT2D eigenvalue weighted by Gasteiger charge is 2.14. The number of anilines is 1. The van der Waals surface area contributed by atoms with E-state index < -0.39 is 0 Å². The molecule has 1 N–H and O–H groups in total. The average molecular weight is 290 g/mol. The number of carbonyl (C=O) groups excluding carboxylic acids is 1. The Morgan fingerprint density at radius 2 is 1.55 bits per heavy atom. The van der Waals surface area contributed by atoms with E-state index in [9.17, 15) is 4.79 Å². The van der Waals surface area contributed by atoms with Crippen molar-refractivity contribution in [3.05, 3.63) is 84.6 Å². The predicted molar refractivity (Wildman–Crippen MR) is 85.1 cm³/mol. The average Bonchev–Trinajstić information content (AvgIpc) is 2.57. The largest absolute Gasteiger partial charge is 0.438 e. The lowest BCUT2D eigenvalue weighted by Gasteiger charge is -2.10. The van der Waals surface area contributed by atoms with Crippen LogP contribution >= 0.6 is 0 Å². The molecule has 4 nitrogen and oxygen atoms in total. The fraction of sp³-hybridized carbons (Fsp3) is 0. The van der Waals surface area contributed by atoms with Gasteiger partial charge in [0.05, 0.1) is 0 Å². The Kier molecular flexibility index (Phi) is 4.11. The van der Waals surface area contributed by atoms with Crippen LogP contribution in [0.5, 0.6) is 11.6 Å². The Morgan fingerprint density at radius 3 is 2.27 bits per heavy atom. The number of carbonyl (C=O) groups is 1. The molecular weight excluding hydrogens is 276 g/mol. The van der Waals surface area contributed by atoms with Crippen LogP contribution in [-0.4, -0.2) is 10.9 Å². The van der Waals surface area contributed by atoms with Gasteiger partial charge in [0.15, 0.2) is 0 Å². The van der Waals surface area contributed by atoms with E-state index in [1.807, 2.05) is 60.7 Å². The molecule has 0 fully saturated rings. The molecule has 1 amide bonds. The van der Waals surface area contributed by atoms with E-state index in [0.717, 1.165) is 5.69 Å². The van der Waals surface area contributed by atoms with Crippen LogP contribution in [-0.2, 0) is 0 Å². The first kappa shape index (κ1) is 13.8. The number of ether oxygens (including phenoxy) is 1. The van der Waals surface area contributed by atoms with Gasteiger partial charge in [-0.05, 0) is 36.4 Å². The van der Waals surface area contributed by atoms with E-state index in [1.165, 1.54) is 0 Å². The lowest BCUT2D eigenvalue weighted by atomic mass is 10.2. The minimum Gasteiger partial charge on any atom is -0.438 e. The quantitative estimate of drug-likeness (QED) is 0.786. The van der Waals surface area contributed by atoms with E-state index in [4.69, 9.17) is 4.74 Å². The molecule has 0 spiro atoms. The second-order valence-corrected chi connectivity index (χ2v) is 4.59. The summed E-state index contributed by atoms with van der Waals surface area (Å²) in [6, 6.07) is 21.9. The molecule has 0 aliphatic rings. The summed E-state index contributed by atoms with van der Waals surface area (Å²) in [6.45, 7) is 0. The van der Waals surface area contributed by atoms with Crippen LogP contribution < -0.4 is 10.1 Å². The number of rotatable bonds is 4. The number of nitrogens with one attached hydrogen (secondary N) is 1. The van der Waals surface area contributed by atoms with Gasteiger partial charge in [0.25, 0.3) is 5.91 Å². The zero-order chi connectivity index (χ0) is 15.2. The Hall–Kier alpha value is -3.14. The summed E-state index contributed by atoms with van der Waals surface area (Å²) >= 11 is 0. The van der Waals surface area contributed by atoms with Gasteiger partial charge < -0.3 is 10.1 Å². The molecule has 0 unspecified atom stereocenters. The van der Waals surface area contributed by atoms with Gasteiger partial charge in [0.2, 0.25) is 5.88 Å². The SMILES string of the molecule is O=C(Nc1ccccc1)c1cccnc1Oc1ccccc1. The number of para-hydroxylation sites is 2. The summed E-state index contributed by atoms with van der Waals surface area (Å²) in [5, 5.41) is 2.83. The molecule has 2 aromatic carbocycles. The standard InChI is InChI=1S/C18H14N2O2/c21-17(20-14-8-3-1-4-9-14)16-12-7-13-19-18(16)22-15-10-5-2-6-11-15/h1-13H,(H,20,21). The van der Waals surface area contributed by atoms with E-state index in [2.05, 4.69) is 10.3 Å². The molecule has 0 saturated heterocycles. The van der Waals surface area contributed by atoms with Crippen molar-refractivity contribution in [1.29, 1.82) is 0 Å². The van der Waals surface area contributed by atoms with Gasteiger partial charge in [-0.1, -0.05) is 36.4 Å². The Morgan fingerprint density at radius 1 is 0.864 bits per heavy atom. The molecule has 3 rings (SSSR count). The first-order chi connectivity index (χ1) is 10.8. The first-order valence-electron chi connectivity index (χ1n) is 6.87. The zero-order valence-corrected chi connectivity index (χ0v) is 11.8. The predicted octanol–water partition coefficient (Wildman–Crippen LogP) is 4.13. The summed E-state index contributed by atoms with van der Waals surface area (Å²) in [6.07, 6.45) is 1.59. The van der Waals surface area contributed by atoms with E-state index >= 15 is 0 Å². The number of aromatic nitrogens is 1. The molecule has 108 valence electrons. The molecular formula is C18H14N2O2. The summed E-state index contributed by atoms with van der Waals surface area (Å²) in [5.74, 6) is 0.655. The van der Waals surface area contributed by atoms with Crippen molar-refractivity contribution in [1.82, 2.24) is 4.98 Å². The number of nitrogens with zero attached hydrogens (tertiary/aromatic N) is 1. The normalized spacial score (nSPS) is 10.0. The van der Waals surface area contributed by atoms with Crippen LogP contribution in [0, 0.1) is 0 Å². The lowest BCUT2D eigenvalue weighted by molar-refractivity contribution is 0.102. The Bertz CT molecular complexity index is 758. The summed E-state index contributed by atoms with van der Waals surface area (Å²) in [5.41, 5.74) is 1.11. The Labute approximate surface area is 128 Å². The molecule has 4 heteroatoms. The zero-order valence-electron chi connectivity index (χ0n) is 11.8. The second-order valence-electron chi connectivity index (χ2n) is 4.59. The van der Waals surface area contributed by atoms with Crippen LogP contribution in [0.15, 0.2) is 79.0 Å². The maximum atomic E-state index is 12.4. The first-order valence-corrected chi connectivity index (χ1v) is 6.87. The molecule has 0 atom stereocenters. The van der Waals surface area contributed by atoms with Gasteiger partial charge >= 0.3 is 0 Å². The highest BCUT2D eigenvalue weighted by atomic mass is 16.5. The topological polar surface area (TPSA) is 51.2 Å². The highest BCUT2D eigenvalue weighted by Crippen LogP contribution is 2.23. The third kappa shape index (κ3) is 3.30. The van der Waals surface area contributed by atoms with Crippen LogP contribution in [0.25, 0.3) is 0 Å². The molecule has 0 aliphatic carbocycles. The van der Waals surface area contributed by atoms with Crippen molar-refractivity contribution in [2.75, 3.05) is 5.32 Å². The summed E-state index contributed by atoms with van der Waals surface area (Å²) in [4.78, 5) is 16.5. The van der Waals surface area contributed by atoms with Gasteiger partial charge in [0, 0.05) is 11.9 Å². The molecule has 0 bridgehead atoms. The van der Waals surface area contributed by atoms with Gasteiger partial charge in [0.1, 0.15) is 11.3 Å². The van der Waals surface area contributed by atoms with E-state index in [1.54, 1.807) is 18.3 Å². The number of benzene rings is 2. The van der Waals surface area contributed by atoms with Gasteiger partial charge in [-0.2, -0.15) is 0 Å². The van der Waals surface area contributed by atoms with Crippen LogP contribution in [0.2, 0.25) is 0 Å². The van der Waals surface area contributed by atoms with Crippen molar-refractivity contribution < 1.29 is 9.53 Å². The van der Waals surface area contributed by atoms with Crippen molar-refractivity contribution >= 4 is 11.6 Å². The van der Waals surface area contributed by atoms with Crippen LogP contribution in [0.4, 0.5) is 5.69 Å². The van der Waals surface area contributed by atoms with Crippen molar-refractivity contribution in [2.24, 2.45) is 0 Å². The lowest BCUT2D eigenvalue weighted by Crippen LogP contribution is -2.13. The molecule has 3 aromatic rings. The third-order valence-corrected chi connectivity index (χ3v) is 3.01. The molecule has 0 saturated carbocycles. The van der Waals surface area contributed by atoms with Crippen molar-refractivity contribution in [3.8, 4) is 11.6 Å².